The van der Waals surface area contributed by atoms with E-state index in [1.54, 1.807) is 38.3 Å². The summed E-state index contributed by atoms with van der Waals surface area (Å²) in [7, 11) is 1.55. The van der Waals surface area contributed by atoms with Crippen molar-refractivity contribution in [2.24, 2.45) is 0 Å². The van der Waals surface area contributed by atoms with Crippen LogP contribution in [0.5, 0.6) is 5.75 Å². The maximum absolute atomic E-state index is 13.7. The van der Waals surface area contributed by atoms with E-state index < -0.39 is 23.1 Å². The Kier molecular flexibility index (Phi) is 4.15. The van der Waals surface area contributed by atoms with Crippen LogP contribution >= 0.6 is 11.6 Å². The molecule has 0 saturated heterocycles. The third kappa shape index (κ3) is 2.69. The number of aromatic amines is 1. The Bertz CT molecular complexity index is 1020. The van der Waals surface area contributed by atoms with Crippen LogP contribution in [0.25, 0.3) is 10.9 Å². The van der Waals surface area contributed by atoms with Crippen LogP contribution in [0, 0.1) is 5.82 Å². The first-order chi connectivity index (χ1) is 11.4. The summed E-state index contributed by atoms with van der Waals surface area (Å²) in [4.78, 5) is 27.6. The Morgan fingerprint density at radius 3 is 2.50 bits per heavy atom. The molecule has 1 aromatic heterocycles. The van der Waals surface area contributed by atoms with E-state index >= 15 is 0 Å². The molecule has 124 valence electrons. The van der Waals surface area contributed by atoms with E-state index in [2.05, 4.69) is 4.98 Å². The minimum absolute atomic E-state index is 0.0665. The van der Waals surface area contributed by atoms with Gasteiger partial charge in [0.2, 0.25) is 0 Å². The van der Waals surface area contributed by atoms with Crippen LogP contribution in [0.2, 0.25) is 5.02 Å². The Labute approximate surface area is 141 Å². The van der Waals surface area contributed by atoms with Crippen LogP contribution < -0.4 is 16.0 Å². The number of nitrogens with one attached hydrogen (secondary N) is 1. The van der Waals surface area contributed by atoms with Crippen molar-refractivity contribution in [3.63, 3.8) is 0 Å². The number of rotatable bonds is 3. The predicted octanol–water partition coefficient (Wildman–Crippen LogP) is 3.10. The van der Waals surface area contributed by atoms with Gasteiger partial charge in [-0.05, 0) is 36.8 Å². The summed E-state index contributed by atoms with van der Waals surface area (Å²) in [6.45, 7) is 1.72. The van der Waals surface area contributed by atoms with Crippen molar-refractivity contribution in [2.75, 3.05) is 7.11 Å². The van der Waals surface area contributed by atoms with Crippen molar-refractivity contribution >= 4 is 22.5 Å². The monoisotopic (exact) mass is 348 g/mol. The zero-order valence-electron chi connectivity index (χ0n) is 13.0. The summed E-state index contributed by atoms with van der Waals surface area (Å²) < 4.78 is 19.8. The number of nitrogens with zero attached hydrogens (tertiary/aromatic N) is 1. The highest BCUT2D eigenvalue weighted by atomic mass is 35.5. The van der Waals surface area contributed by atoms with E-state index in [0.717, 1.165) is 16.2 Å². The molecule has 0 aliphatic carbocycles. The summed E-state index contributed by atoms with van der Waals surface area (Å²) in [6, 6.07) is 8.75. The lowest BCUT2D eigenvalue weighted by molar-refractivity contribution is 0.414. The van der Waals surface area contributed by atoms with Crippen LogP contribution in [0.4, 0.5) is 4.39 Å². The molecule has 0 fully saturated rings. The van der Waals surface area contributed by atoms with Gasteiger partial charge in [0.25, 0.3) is 5.56 Å². The molecule has 0 radical (unpaired) electrons. The van der Waals surface area contributed by atoms with Crippen molar-refractivity contribution < 1.29 is 9.13 Å². The second-order valence-corrected chi connectivity index (χ2v) is 5.77. The van der Waals surface area contributed by atoms with Crippen molar-refractivity contribution in [1.29, 1.82) is 0 Å². The molecule has 0 amide bonds. The molecular formula is C17H14ClFN2O3. The minimum atomic E-state index is -0.711. The first-order valence-corrected chi connectivity index (χ1v) is 7.57. The maximum Gasteiger partial charge on any atom is 0.329 e. The molecule has 2 aromatic carbocycles. The summed E-state index contributed by atoms with van der Waals surface area (Å²) in [5.41, 5.74) is -0.210. The Morgan fingerprint density at radius 2 is 1.88 bits per heavy atom. The molecule has 0 spiro atoms. The highest BCUT2D eigenvalue weighted by Gasteiger charge is 2.16. The lowest BCUT2D eigenvalue weighted by Gasteiger charge is -2.15. The predicted molar refractivity (Wildman–Crippen MR) is 90.6 cm³/mol. The number of methoxy groups -OCH3 is 1. The molecule has 3 aromatic rings. The van der Waals surface area contributed by atoms with Gasteiger partial charge in [0.15, 0.2) is 0 Å². The Balaban J connectivity index is 2.19. The maximum atomic E-state index is 13.7. The van der Waals surface area contributed by atoms with Gasteiger partial charge in [-0.1, -0.05) is 23.7 Å². The lowest BCUT2D eigenvalue weighted by atomic mass is 10.1. The quantitative estimate of drug-likeness (QED) is 0.791. The standard InChI is InChI=1S/C17H14ClFN2O3/c1-9(10-3-5-11(24-2)6-4-10)21-16(22)12-7-14(19)13(18)8-15(12)20-17(21)23/h3-9H,1-2H3,(H,20,23)/t9-/m1/s1. The van der Waals surface area contributed by atoms with Crippen LogP contribution in [0.15, 0.2) is 46.0 Å². The van der Waals surface area contributed by atoms with Gasteiger partial charge in [-0.25, -0.2) is 9.18 Å². The SMILES string of the molecule is COc1ccc([C@@H](C)n2c(=O)[nH]c3cc(Cl)c(F)cc3c2=O)cc1. The molecule has 7 heteroatoms. The second kappa shape index (κ2) is 6.13. The van der Waals surface area contributed by atoms with E-state index in [-0.39, 0.29) is 15.9 Å². The molecule has 0 unspecified atom stereocenters. The number of hydrogen-bond donors (Lipinski definition) is 1. The topological polar surface area (TPSA) is 64.1 Å². The Hall–Kier alpha value is -2.60. The molecule has 0 saturated carbocycles. The van der Waals surface area contributed by atoms with Gasteiger partial charge < -0.3 is 9.72 Å². The molecule has 1 atom stereocenters. The fraction of sp³-hybridized carbons (Fsp3) is 0.176. The van der Waals surface area contributed by atoms with Gasteiger partial charge in [0.1, 0.15) is 11.6 Å². The molecule has 0 aliphatic rings. The summed E-state index contributed by atoms with van der Waals surface area (Å²) in [5, 5.41) is -0.0876. The van der Waals surface area contributed by atoms with E-state index in [0.29, 0.717) is 5.75 Å². The summed E-state index contributed by atoms with van der Waals surface area (Å²) >= 11 is 5.70. The second-order valence-electron chi connectivity index (χ2n) is 5.37. The molecule has 3 rings (SSSR count). The number of H-pyrrole nitrogens is 1. The van der Waals surface area contributed by atoms with Gasteiger partial charge in [0.05, 0.1) is 29.1 Å². The normalized spacial score (nSPS) is 12.3. The van der Waals surface area contributed by atoms with Crippen LogP contribution in [0.1, 0.15) is 18.5 Å². The van der Waals surface area contributed by atoms with Crippen molar-refractivity contribution in [1.82, 2.24) is 9.55 Å². The average molecular weight is 349 g/mol. The Morgan fingerprint density at radius 1 is 1.21 bits per heavy atom. The molecule has 1 heterocycles. The molecule has 1 N–H and O–H groups in total. The van der Waals surface area contributed by atoms with Crippen LogP contribution in [-0.4, -0.2) is 16.7 Å². The third-order valence-electron chi connectivity index (χ3n) is 3.96. The van der Waals surface area contributed by atoms with Gasteiger partial charge in [-0.2, -0.15) is 0 Å². The number of aromatic nitrogens is 2. The van der Waals surface area contributed by atoms with Crippen LogP contribution in [-0.2, 0) is 0 Å². The first-order valence-electron chi connectivity index (χ1n) is 7.20. The summed E-state index contributed by atoms with van der Waals surface area (Å²) in [5.74, 6) is -0.0422. The number of ether oxygens (including phenoxy) is 1. The molecule has 0 bridgehead atoms. The number of halogens is 2. The van der Waals surface area contributed by atoms with Crippen molar-refractivity contribution in [3.05, 3.63) is 73.6 Å². The average Bonchev–Trinajstić information content (AvgIpc) is 2.57. The van der Waals surface area contributed by atoms with E-state index in [4.69, 9.17) is 16.3 Å². The fourth-order valence-electron chi connectivity index (χ4n) is 2.61. The number of benzene rings is 2. The van der Waals surface area contributed by atoms with Gasteiger partial charge in [0, 0.05) is 0 Å². The third-order valence-corrected chi connectivity index (χ3v) is 4.25. The van der Waals surface area contributed by atoms with Crippen molar-refractivity contribution in [2.45, 2.75) is 13.0 Å². The number of hydrogen-bond acceptors (Lipinski definition) is 3. The van der Waals surface area contributed by atoms with Gasteiger partial charge in [-0.15, -0.1) is 0 Å². The molecule has 5 nitrogen and oxygen atoms in total. The van der Waals surface area contributed by atoms with E-state index in [9.17, 15) is 14.0 Å². The highest BCUT2D eigenvalue weighted by Crippen LogP contribution is 2.21. The largest absolute Gasteiger partial charge is 0.497 e. The fourth-order valence-corrected chi connectivity index (χ4v) is 2.77. The molecule has 0 aliphatic heterocycles. The van der Waals surface area contributed by atoms with Crippen molar-refractivity contribution in [3.8, 4) is 5.75 Å². The zero-order chi connectivity index (χ0) is 17.4. The zero-order valence-corrected chi connectivity index (χ0v) is 13.7. The molecule has 24 heavy (non-hydrogen) atoms. The van der Waals surface area contributed by atoms with Gasteiger partial charge >= 0.3 is 5.69 Å². The number of fused-ring (bicyclic) bond motifs is 1. The smallest absolute Gasteiger partial charge is 0.329 e. The molecular weight excluding hydrogens is 335 g/mol. The minimum Gasteiger partial charge on any atom is -0.497 e. The van der Waals surface area contributed by atoms with Gasteiger partial charge in [-0.3, -0.25) is 9.36 Å². The highest BCUT2D eigenvalue weighted by molar-refractivity contribution is 6.31. The lowest BCUT2D eigenvalue weighted by Crippen LogP contribution is -2.37. The first kappa shape index (κ1) is 16.3. The summed E-state index contributed by atoms with van der Waals surface area (Å²) in [6.07, 6.45) is 0. The van der Waals surface area contributed by atoms with E-state index in [1.165, 1.54) is 6.07 Å². The van der Waals surface area contributed by atoms with E-state index in [1.807, 2.05) is 0 Å². The van der Waals surface area contributed by atoms with Crippen LogP contribution in [0.3, 0.4) is 0 Å².